The first-order chi connectivity index (χ1) is 11.2. The van der Waals surface area contributed by atoms with Crippen LogP contribution in [0.5, 0.6) is 0 Å². The molecule has 0 fully saturated rings. The van der Waals surface area contributed by atoms with Gasteiger partial charge in [-0.25, -0.2) is 0 Å². The predicted molar refractivity (Wildman–Crippen MR) is 88.1 cm³/mol. The molecule has 23 heavy (non-hydrogen) atoms. The van der Waals surface area contributed by atoms with Crippen LogP contribution in [0.25, 0.3) is 11.5 Å². The van der Waals surface area contributed by atoms with Crippen molar-refractivity contribution in [3.05, 3.63) is 54.4 Å². The molecular weight excluding hydrogens is 312 g/mol. The Balaban J connectivity index is 1.57. The minimum atomic E-state index is -0.142. The molecule has 7 heteroatoms. The number of aromatic nitrogens is 3. The van der Waals surface area contributed by atoms with Crippen LogP contribution in [0.3, 0.4) is 0 Å². The third-order valence-electron chi connectivity index (χ3n) is 3.00. The molecule has 2 aromatic heterocycles. The van der Waals surface area contributed by atoms with E-state index in [9.17, 15) is 4.79 Å². The van der Waals surface area contributed by atoms with E-state index in [4.69, 9.17) is 4.42 Å². The van der Waals surface area contributed by atoms with Gasteiger partial charge in [-0.05, 0) is 31.2 Å². The Bertz CT molecular complexity index is 787. The molecule has 0 bridgehead atoms. The highest BCUT2D eigenvalue weighted by Gasteiger charge is 2.11. The van der Waals surface area contributed by atoms with Gasteiger partial charge in [-0.1, -0.05) is 29.5 Å². The summed E-state index contributed by atoms with van der Waals surface area (Å²) >= 11 is 1.20. The summed E-state index contributed by atoms with van der Waals surface area (Å²) in [5.74, 6) is 0.496. The molecule has 2 heterocycles. The highest BCUT2D eigenvalue weighted by molar-refractivity contribution is 7.99. The molecule has 0 saturated heterocycles. The van der Waals surface area contributed by atoms with Crippen molar-refractivity contribution in [2.45, 2.75) is 12.1 Å². The second-order valence-corrected chi connectivity index (χ2v) is 5.74. The van der Waals surface area contributed by atoms with Crippen LogP contribution in [0.2, 0.25) is 0 Å². The number of carbonyl (C=O) groups excluding carboxylic acids is 1. The molecule has 116 valence electrons. The standard InChI is InChI=1S/C16H14N4O2S/c1-11-2-4-12(5-3-11)15-19-20-16(22-15)23-10-14(21)18-13-6-8-17-9-7-13/h2-9H,10H2,1H3,(H,17,18,21). The lowest BCUT2D eigenvalue weighted by atomic mass is 10.1. The van der Waals surface area contributed by atoms with Crippen molar-refractivity contribution >= 4 is 23.4 Å². The first-order valence-corrected chi connectivity index (χ1v) is 7.92. The predicted octanol–water partition coefficient (Wildman–Crippen LogP) is 3.17. The maximum absolute atomic E-state index is 11.9. The lowest BCUT2D eigenvalue weighted by molar-refractivity contribution is -0.113. The maximum atomic E-state index is 11.9. The molecular formula is C16H14N4O2S. The SMILES string of the molecule is Cc1ccc(-c2nnc(SCC(=O)Nc3ccncc3)o2)cc1. The summed E-state index contributed by atoms with van der Waals surface area (Å²) in [7, 11) is 0. The summed E-state index contributed by atoms with van der Waals surface area (Å²) in [6, 6.07) is 11.3. The Labute approximate surface area is 137 Å². The van der Waals surface area contributed by atoms with Crippen molar-refractivity contribution < 1.29 is 9.21 Å². The molecule has 3 aromatic rings. The van der Waals surface area contributed by atoms with Gasteiger partial charge in [-0.2, -0.15) is 0 Å². The Morgan fingerprint density at radius 2 is 1.87 bits per heavy atom. The summed E-state index contributed by atoms with van der Waals surface area (Å²) in [6.07, 6.45) is 3.24. The van der Waals surface area contributed by atoms with Crippen molar-refractivity contribution in [3.63, 3.8) is 0 Å². The fourth-order valence-corrected chi connectivity index (χ4v) is 2.40. The van der Waals surface area contributed by atoms with Crippen LogP contribution in [0, 0.1) is 6.92 Å². The number of pyridine rings is 1. The van der Waals surface area contributed by atoms with Gasteiger partial charge in [0, 0.05) is 23.6 Å². The average Bonchev–Trinajstić information content (AvgIpc) is 3.04. The number of carbonyl (C=O) groups is 1. The summed E-state index contributed by atoms with van der Waals surface area (Å²) in [5.41, 5.74) is 2.73. The van der Waals surface area contributed by atoms with E-state index in [0.717, 1.165) is 11.1 Å². The molecule has 0 aliphatic carbocycles. The molecule has 0 spiro atoms. The van der Waals surface area contributed by atoms with E-state index in [1.54, 1.807) is 24.5 Å². The highest BCUT2D eigenvalue weighted by Crippen LogP contribution is 2.23. The molecule has 0 aliphatic rings. The molecule has 0 saturated carbocycles. The monoisotopic (exact) mass is 326 g/mol. The second-order valence-electron chi connectivity index (χ2n) is 4.81. The molecule has 0 atom stereocenters. The van der Waals surface area contributed by atoms with Gasteiger partial charge in [0.2, 0.25) is 11.8 Å². The molecule has 1 aromatic carbocycles. The topological polar surface area (TPSA) is 80.9 Å². The van der Waals surface area contributed by atoms with Gasteiger partial charge < -0.3 is 9.73 Å². The number of aryl methyl sites for hydroxylation is 1. The zero-order valence-electron chi connectivity index (χ0n) is 12.4. The summed E-state index contributed by atoms with van der Waals surface area (Å²) < 4.78 is 5.56. The molecule has 0 aliphatic heterocycles. The molecule has 0 unspecified atom stereocenters. The number of nitrogens with zero attached hydrogens (tertiary/aromatic N) is 3. The minimum absolute atomic E-state index is 0.142. The number of rotatable bonds is 5. The van der Waals surface area contributed by atoms with Gasteiger partial charge >= 0.3 is 0 Å². The van der Waals surface area contributed by atoms with Crippen molar-refractivity contribution in [2.24, 2.45) is 0 Å². The molecule has 3 rings (SSSR count). The van der Waals surface area contributed by atoms with E-state index in [2.05, 4.69) is 20.5 Å². The van der Waals surface area contributed by atoms with Gasteiger partial charge in [-0.15, -0.1) is 10.2 Å². The fraction of sp³-hybridized carbons (Fsp3) is 0.125. The first-order valence-electron chi connectivity index (χ1n) is 6.94. The number of nitrogens with one attached hydrogen (secondary N) is 1. The minimum Gasteiger partial charge on any atom is -0.411 e. The Kier molecular flexibility index (Phi) is 4.68. The smallest absolute Gasteiger partial charge is 0.277 e. The van der Waals surface area contributed by atoms with Crippen LogP contribution >= 0.6 is 11.8 Å². The number of amides is 1. The Morgan fingerprint density at radius 3 is 2.61 bits per heavy atom. The van der Waals surface area contributed by atoms with Gasteiger partial charge in [0.1, 0.15) is 0 Å². The van der Waals surface area contributed by atoms with Crippen LogP contribution in [-0.4, -0.2) is 26.8 Å². The number of hydrogen-bond acceptors (Lipinski definition) is 6. The molecule has 6 nitrogen and oxygen atoms in total. The summed E-state index contributed by atoms with van der Waals surface area (Å²) in [6.45, 7) is 2.01. The zero-order chi connectivity index (χ0) is 16.1. The van der Waals surface area contributed by atoms with Crippen LogP contribution in [-0.2, 0) is 4.79 Å². The lowest BCUT2D eigenvalue weighted by Gasteiger charge is -2.02. The quantitative estimate of drug-likeness (QED) is 0.725. The third kappa shape index (κ3) is 4.17. The highest BCUT2D eigenvalue weighted by atomic mass is 32.2. The van der Waals surface area contributed by atoms with Crippen LogP contribution in [0.4, 0.5) is 5.69 Å². The van der Waals surface area contributed by atoms with E-state index in [-0.39, 0.29) is 11.7 Å². The largest absolute Gasteiger partial charge is 0.411 e. The van der Waals surface area contributed by atoms with Crippen LogP contribution in [0.15, 0.2) is 58.4 Å². The van der Waals surface area contributed by atoms with Crippen molar-refractivity contribution in [3.8, 4) is 11.5 Å². The zero-order valence-corrected chi connectivity index (χ0v) is 13.2. The number of hydrogen-bond donors (Lipinski definition) is 1. The lowest BCUT2D eigenvalue weighted by Crippen LogP contribution is -2.13. The maximum Gasteiger partial charge on any atom is 0.277 e. The second kappa shape index (κ2) is 7.06. The van der Waals surface area contributed by atoms with Gasteiger partial charge in [0.05, 0.1) is 5.75 Å². The molecule has 1 N–H and O–H groups in total. The first kappa shape index (κ1) is 15.2. The fourth-order valence-electron chi connectivity index (χ4n) is 1.84. The van der Waals surface area contributed by atoms with E-state index >= 15 is 0 Å². The summed E-state index contributed by atoms with van der Waals surface area (Å²) in [4.78, 5) is 15.8. The molecule has 1 amide bonds. The van der Waals surface area contributed by atoms with E-state index in [1.807, 2.05) is 31.2 Å². The van der Waals surface area contributed by atoms with E-state index < -0.39 is 0 Å². The van der Waals surface area contributed by atoms with Crippen molar-refractivity contribution in [2.75, 3.05) is 11.1 Å². The number of anilines is 1. The van der Waals surface area contributed by atoms with Gasteiger partial charge in [0.25, 0.3) is 5.22 Å². The normalized spacial score (nSPS) is 10.5. The van der Waals surface area contributed by atoms with E-state index in [0.29, 0.717) is 16.8 Å². The number of thioether (sulfide) groups is 1. The Morgan fingerprint density at radius 1 is 1.13 bits per heavy atom. The summed E-state index contributed by atoms with van der Waals surface area (Å²) in [5, 5.41) is 11.1. The molecule has 0 radical (unpaired) electrons. The third-order valence-corrected chi connectivity index (χ3v) is 3.81. The van der Waals surface area contributed by atoms with Crippen LogP contribution in [0.1, 0.15) is 5.56 Å². The Hall–Kier alpha value is -2.67. The van der Waals surface area contributed by atoms with Gasteiger partial charge in [0.15, 0.2) is 0 Å². The van der Waals surface area contributed by atoms with Gasteiger partial charge in [-0.3, -0.25) is 9.78 Å². The van der Waals surface area contributed by atoms with E-state index in [1.165, 1.54) is 11.8 Å². The average molecular weight is 326 g/mol. The van der Waals surface area contributed by atoms with Crippen molar-refractivity contribution in [1.29, 1.82) is 0 Å². The van der Waals surface area contributed by atoms with Crippen molar-refractivity contribution in [1.82, 2.24) is 15.2 Å². The number of benzene rings is 1. The van der Waals surface area contributed by atoms with Crippen LogP contribution < -0.4 is 5.32 Å².